The van der Waals surface area contributed by atoms with E-state index in [-0.39, 0.29) is 20.1 Å². The molecule has 6 aromatic carbocycles. The second-order valence-corrected chi connectivity index (χ2v) is 13.7. The topological polar surface area (TPSA) is 70.4 Å². The van der Waals surface area contributed by atoms with E-state index in [0.717, 1.165) is 51.0 Å². The third kappa shape index (κ3) is 9.77. The van der Waals surface area contributed by atoms with E-state index in [2.05, 4.69) is 172 Å². The maximum Gasteiger partial charge on any atom is 0.242 e. The van der Waals surface area contributed by atoms with Crippen LogP contribution in [-0.4, -0.2) is 24.2 Å². The van der Waals surface area contributed by atoms with Crippen LogP contribution >= 0.6 is 0 Å². The molecule has 8 nitrogen and oxygen atoms in total. The first-order chi connectivity index (χ1) is 29.5. The number of nitrogens with zero attached hydrogens (tertiary/aromatic N) is 8. The number of rotatable bonds is 7. The second kappa shape index (κ2) is 20.1. The molecular formula is C52H41IrN8-3. The summed E-state index contributed by atoms with van der Waals surface area (Å²) in [5.74, 6) is 1.27. The average Bonchev–Trinajstić information content (AvgIpc) is 4.03. The van der Waals surface area contributed by atoms with Crippen molar-refractivity contribution >= 4 is 0 Å². The fourth-order valence-corrected chi connectivity index (χ4v) is 6.92. The molecule has 0 amide bonds. The second-order valence-electron chi connectivity index (χ2n) is 13.7. The van der Waals surface area contributed by atoms with Gasteiger partial charge in [0.2, 0.25) is 12.7 Å². The van der Waals surface area contributed by atoms with E-state index in [4.69, 9.17) is 0 Å². The number of pyridine rings is 1. The number of aryl methyl sites for hydroxylation is 3. The summed E-state index contributed by atoms with van der Waals surface area (Å²) in [6.45, 7) is 1.80. The monoisotopic (exact) mass is 970 g/mol. The number of imidazole rings is 2. The molecule has 0 N–H and O–H groups in total. The van der Waals surface area contributed by atoms with E-state index in [1.165, 1.54) is 11.1 Å². The van der Waals surface area contributed by atoms with Gasteiger partial charge in [0.05, 0.1) is 42.6 Å². The summed E-state index contributed by atoms with van der Waals surface area (Å²) < 4.78 is 8.27. The minimum atomic E-state index is 0. The molecule has 0 unspecified atom stereocenters. The van der Waals surface area contributed by atoms with E-state index >= 15 is 0 Å². The van der Waals surface area contributed by atoms with Crippen molar-refractivity contribution in [3.05, 3.63) is 225 Å². The summed E-state index contributed by atoms with van der Waals surface area (Å²) >= 11 is 0. The maximum absolute atomic E-state index is 4.10. The molecule has 0 aliphatic heterocycles. The number of hydrogen-bond donors (Lipinski definition) is 0. The van der Waals surface area contributed by atoms with Gasteiger partial charge >= 0.3 is 0 Å². The number of benzene rings is 6. The van der Waals surface area contributed by atoms with Gasteiger partial charge in [-0.3, -0.25) is 10.1 Å². The summed E-state index contributed by atoms with van der Waals surface area (Å²) in [6.07, 6.45) is 8.57. The van der Waals surface area contributed by atoms with E-state index in [1.807, 2.05) is 93.0 Å². The molecule has 61 heavy (non-hydrogen) atoms. The number of aromatic nitrogens is 8. The predicted octanol–water partition coefficient (Wildman–Crippen LogP) is 9.27. The smallest absolute Gasteiger partial charge is 0.242 e. The van der Waals surface area contributed by atoms with Crippen LogP contribution < -0.4 is 14.2 Å². The Labute approximate surface area is 370 Å². The van der Waals surface area contributed by atoms with Crippen molar-refractivity contribution in [3.8, 4) is 67.9 Å². The van der Waals surface area contributed by atoms with Crippen LogP contribution in [0.25, 0.3) is 67.9 Å². The summed E-state index contributed by atoms with van der Waals surface area (Å²) in [7, 11) is 4.07. The SMILES string of the molecule is C[n+]1[c-]n(-c2[c-]cccc2)c(-c2ccccc2)c1-c1ccccc1.C[n+]1[c-]n(-c2[c-]cccc2)c(-c2ccccc2)c1-c1ccccc1.Cc1n[n-]c(-c2ccccn2)n1.[Ir]. The Hall–Kier alpha value is -7.32. The summed E-state index contributed by atoms with van der Waals surface area (Å²) in [5.41, 5.74) is 11.9. The minimum Gasteiger partial charge on any atom is -0.421 e. The largest absolute Gasteiger partial charge is 0.421 e. The van der Waals surface area contributed by atoms with Crippen LogP contribution in [-0.2, 0) is 34.2 Å². The molecule has 1 radical (unpaired) electrons. The van der Waals surface area contributed by atoms with E-state index in [1.54, 1.807) is 13.1 Å². The van der Waals surface area contributed by atoms with Crippen LogP contribution in [0.2, 0.25) is 0 Å². The van der Waals surface area contributed by atoms with Gasteiger partial charge < -0.3 is 28.4 Å². The van der Waals surface area contributed by atoms with Crippen molar-refractivity contribution in [2.45, 2.75) is 6.92 Å². The Balaban J connectivity index is 0.000000144. The summed E-state index contributed by atoms with van der Waals surface area (Å²) in [6, 6.07) is 69.9. The number of hydrogen-bond acceptors (Lipinski definition) is 3. The standard InChI is InChI=1S/2C22H17N2.C8H7N4.Ir/c2*1-23-17-24(20-15-9-4-10-16-20)22(19-13-7-3-8-14-19)21(23)18-11-5-2-6-12-18;1-6-10-8(12-11-6)7-4-2-3-5-9-7;/h2*2-15H,1H3;2-5H,1H3;/q3*-1;. The zero-order chi connectivity index (χ0) is 41.1. The Morgan fingerprint density at radius 1 is 0.492 bits per heavy atom. The molecule has 0 saturated heterocycles. The molecule has 0 fully saturated rings. The Bertz CT molecular complexity index is 2700. The van der Waals surface area contributed by atoms with Gasteiger partial charge in [0.25, 0.3) is 0 Å². The Kier molecular flexibility index (Phi) is 13.8. The van der Waals surface area contributed by atoms with Crippen molar-refractivity contribution in [2.75, 3.05) is 0 Å². The molecule has 0 aliphatic rings. The molecule has 0 saturated carbocycles. The predicted molar refractivity (Wildman–Crippen MR) is 234 cm³/mol. The molecular weight excluding hydrogens is 929 g/mol. The van der Waals surface area contributed by atoms with Gasteiger partial charge in [-0.1, -0.05) is 139 Å². The van der Waals surface area contributed by atoms with Crippen LogP contribution in [0.1, 0.15) is 5.82 Å². The molecule has 9 heteroatoms. The van der Waals surface area contributed by atoms with Gasteiger partial charge in [-0.05, 0) is 47.1 Å². The normalized spacial score (nSPS) is 10.4. The molecule has 0 aliphatic carbocycles. The molecule has 10 rings (SSSR count). The van der Waals surface area contributed by atoms with Crippen molar-refractivity contribution in [2.24, 2.45) is 14.1 Å². The quantitative estimate of drug-likeness (QED) is 0.118. The third-order valence-corrected chi connectivity index (χ3v) is 9.57. The van der Waals surface area contributed by atoms with Crippen LogP contribution in [0, 0.1) is 31.7 Å². The summed E-state index contributed by atoms with van der Waals surface area (Å²) in [4.78, 5) is 8.19. The first-order valence-electron chi connectivity index (χ1n) is 19.5. The fraction of sp³-hybridized carbons (Fsp3) is 0.0577. The summed E-state index contributed by atoms with van der Waals surface area (Å²) in [5, 5.41) is 7.65. The third-order valence-electron chi connectivity index (χ3n) is 9.57. The molecule has 10 aromatic rings. The molecule has 0 atom stereocenters. The first-order valence-corrected chi connectivity index (χ1v) is 19.5. The average molecular weight is 970 g/mol. The van der Waals surface area contributed by atoms with E-state index in [0.29, 0.717) is 11.6 Å². The number of para-hydroxylation sites is 2. The van der Waals surface area contributed by atoms with Gasteiger partial charge in [0, 0.05) is 32.1 Å². The fourth-order valence-electron chi connectivity index (χ4n) is 6.92. The van der Waals surface area contributed by atoms with Gasteiger partial charge in [0.1, 0.15) is 0 Å². The molecule has 0 spiro atoms. The van der Waals surface area contributed by atoms with Crippen molar-refractivity contribution in [1.29, 1.82) is 0 Å². The molecule has 4 aromatic heterocycles. The van der Waals surface area contributed by atoms with Crippen LogP contribution in [0.15, 0.2) is 194 Å². The van der Waals surface area contributed by atoms with Gasteiger partial charge in [-0.25, -0.2) is 0 Å². The molecule has 0 bridgehead atoms. The first kappa shape index (κ1) is 41.8. The zero-order valence-corrected chi connectivity index (χ0v) is 36.3. The van der Waals surface area contributed by atoms with Gasteiger partial charge in [-0.15, -0.1) is 0 Å². The van der Waals surface area contributed by atoms with Crippen LogP contribution in [0.4, 0.5) is 0 Å². The van der Waals surface area contributed by atoms with Gasteiger partial charge in [-0.2, -0.15) is 60.7 Å². The van der Waals surface area contributed by atoms with E-state index < -0.39 is 0 Å². The minimum absolute atomic E-state index is 0. The Morgan fingerprint density at radius 2 is 0.902 bits per heavy atom. The zero-order valence-electron chi connectivity index (χ0n) is 33.9. The van der Waals surface area contributed by atoms with Crippen LogP contribution in [0.3, 0.4) is 0 Å². The van der Waals surface area contributed by atoms with E-state index in [9.17, 15) is 0 Å². The molecule has 4 heterocycles. The van der Waals surface area contributed by atoms with Crippen LogP contribution in [0.5, 0.6) is 0 Å². The van der Waals surface area contributed by atoms with Crippen molar-refractivity contribution in [3.63, 3.8) is 0 Å². The van der Waals surface area contributed by atoms with Crippen molar-refractivity contribution in [1.82, 2.24) is 29.3 Å². The Morgan fingerprint density at radius 3 is 1.26 bits per heavy atom. The molecule has 301 valence electrons. The maximum atomic E-state index is 4.10. The van der Waals surface area contributed by atoms with Gasteiger partial charge in [0.15, 0.2) is 0 Å². The van der Waals surface area contributed by atoms with Crippen molar-refractivity contribution < 1.29 is 29.2 Å².